The van der Waals surface area contributed by atoms with Crippen molar-refractivity contribution in [3.63, 3.8) is 0 Å². The molecule has 0 heterocycles. The first kappa shape index (κ1) is 32.0. The van der Waals surface area contributed by atoms with Crippen LogP contribution in [0.4, 0.5) is 0 Å². The molecule has 1 aromatic carbocycles. The van der Waals surface area contributed by atoms with Gasteiger partial charge < -0.3 is 5.11 Å². The summed E-state index contributed by atoms with van der Waals surface area (Å²) in [5.74, 6) is 0.550. The molecule has 0 saturated carbocycles. The number of unbranched alkanes of at least 4 members (excludes halogenated alkanes) is 15. The number of aromatic hydroxyl groups is 1. The standard InChI is InChI=1S/C34H62O/c1-9-11-12-13-14-15-16-17-18-19-20-21-22-23-24-25-26-29-28(10-2)27-30(33(3,4)5)32(35)31(29)34(6,7)8/h27,35H,9-26H2,1-8H3. The van der Waals surface area contributed by atoms with Gasteiger partial charge in [-0.15, -0.1) is 0 Å². The van der Waals surface area contributed by atoms with Crippen LogP contribution in [0.25, 0.3) is 0 Å². The normalized spacial score (nSPS) is 12.5. The third-order valence-corrected chi connectivity index (χ3v) is 7.72. The third-order valence-electron chi connectivity index (χ3n) is 7.72. The molecule has 1 rings (SSSR count). The highest BCUT2D eigenvalue weighted by atomic mass is 16.3. The van der Waals surface area contributed by atoms with Gasteiger partial charge in [-0.05, 0) is 46.8 Å². The lowest BCUT2D eigenvalue weighted by Crippen LogP contribution is -2.21. The zero-order valence-electron chi connectivity index (χ0n) is 25.3. The van der Waals surface area contributed by atoms with E-state index in [9.17, 15) is 5.11 Å². The van der Waals surface area contributed by atoms with Gasteiger partial charge in [0.1, 0.15) is 5.75 Å². The molecular formula is C34H62O. The summed E-state index contributed by atoms with van der Waals surface area (Å²) in [6, 6.07) is 2.30. The lowest BCUT2D eigenvalue weighted by molar-refractivity contribution is 0.419. The molecule has 0 radical (unpaired) electrons. The van der Waals surface area contributed by atoms with Crippen LogP contribution in [0.2, 0.25) is 0 Å². The van der Waals surface area contributed by atoms with E-state index in [0.29, 0.717) is 5.75 Å². The summed E-state index contributed by atoms with van der Waals surface area (Å²) < 4.78 is 0. The zero-order chi connectivity index (χ0) is 26.3. The van der Waals surface area contributed by atoms with E-state index in [2.05, 4.69) is 61.5 Å². The Kier molecular flexibility index (Phi) is 15.3. The average Bonchev–Trinajstić information content (AvgIpc) is 2.77. The van der Waals surface area contributed by atoms with Crippen molar-refractivity contribution in [2.24, 2.45) is 0 Å². The van der Waals surface area contributed by atoms with Gasteiger partial charge in [0.15, 0.2) is 0 Å². The van der Waals surface area contributed by atoms with E-state index in [1.54, 1.807) is 0 Å². The van der Waals surface area contributed by atoms with Crippen LogP contribution in [0.3, 0.4) is 0 Å². The van der Waals surface area contributed by atoms with E-state index < -0.39 is 0 Å². The second-order valence-electron chi connectivity index (χ2n) is 13.2. The SMILES string of the molecule is CCCCCCCCCCCCCCCCCCc1c(CC)cc(C(C)(C)C)c(O)c1C(C)(C)C. The van der Waals surface area contributed by atoms with Crippen molar-refractivity contribution in [3.8, 4) is 5.75 Å². The third kappa shape index (κ3) is 12.2. The van der Waals surface area contributed by atoms with Crippen LogP contribution in [0.15, 0.2) is 6.07 Å². The number of hydrogen-bond acceptors (Lipinski definition) is 1. The summed E-state index contributed by atoms with van der Waals surface area (Å²) in [4.78, 5) is 0. The van der Waals surface area contributed by atoms with Crippen molar-refractivity contribution >= 4 is 0 Å². The molecule has 0 saturated heterocycles. The number of hydrogen-bond donors (Lipinski definition) is 1. The van der Waals surface area contributed by atoms with E-state index in [-0.39, 0.29) is 10.8 Å². The first-order chi connectivity index (χ1) is 16.5. The van der Waals surface area contributed by atoms with Crippen molar-refractivity contribution in [1.29, 1.82) is 0 Å². The quantitative estimate of drug-likeness (QED) is 0.204. The fraction of sp³-hybridized carbons (Fsp3) is 0.824. The number of benzene rings is 1. The smallest absolute Gasteiger partial charge is 0.123 e. The molecule has 1 aromatic rings. The van der Waals surface area contributed by atoms with Crippen LogP contribution in [-0.2, 0) is 23.7 Å². The van der Waals surface area contributed by atoms with Crippen molar-refractivity contribution in [2.45, 2.75) is 182 Å². The summed E-state index contributed by atoms with van der Waals surface area (Å²) in [6.45, 7) is 18.0. The van der Waals surface area contributed by atoms with E-state index >= 15 is 0 Å². The van der Waals surface area contributed by atoms with Crippen LogP contribution >= 0.6 is 0 Å². The van der Waals surface area contributed by atoms with Crippen molar-refractivity contribution < 1.29 is 5.11 Å². The predicted octanol–water partition coefficient (Wildman–Crippen LogP) is 11.4. The molecule has 0 amide bonds. The Bertz CT molecular complexity index is 686. The van der Waals surface area contributed by atoms with Crippen LogP contribution in [0.5, 0.6) is 5.75 Å². The second kappa shape index (κ2) is 16.7. The molecule has 1 heteroatoms. The Balaban J connectivity index is 2.35. The predicted molar refractivity (Wildman–Crippen MR) is 158 cm³/mol. The molecule has 0 aliphatic rings. The molecule has 0 fully saturated rings. The number of phenolic OH excluding ortho intramolecular Hbond substituents is 1. The Labute approximate surface area is 220 Å². The van der Waals surface area contributed by atoms with Crippen LogP contribution in [-0.4, -0.2) is 5.11 Å². The highest BCUT2D eigenvalue weighted by molar-refractivity contribution is 5.55. The topological polar surface area (TPSA) is 20.2 Å². The minimum atomic E-state index is -0.0420. The van der Waals surface area contributed by atoms with Gasteiger partial charge in [0, 0.05) is 5.56 Å². The molecule has 0 aliphatic carbocycles. The van der Waals surface area contributed by atoms with Gasteiger partial charge >= 0.3 is 0 Å². The summed E-state index contributed by atoms with van der Waals surface area (Å²) in [6.07, 6.45) is 24.6. The molecule has 0 unspecified atom stereocenters. The van der Waals surface area contributed by atoms with Crippen molar-refractivity contribution in [1.82, 2.24) is 0 Å². The fourth-order valence-corrected chi connectivity index (χ4v) is 5.60. The minimum absolute atomic E-state index is 0.0409. The van der Waals surface area contributed by atoms with Gasteiger partial charge in [-0.3, -0.25) is 0 Å². The number of rotatable bonds is 18. The Morgan fingerprint density at radius 2 is 0.971 bits per heavy atom. The highest BCUT2D eigenvalue weighted by Gasteiger charge is 2.29. The number of phenols is 1. The zero-order valence-corrected chi connectivity index (χ0v) is 25.3. The van der Waals surface area contributed by atoms with Crippen LogP contribution in [0, 0.1) is 0 Å². The summed E-state index contributed by atoms with van der Waals surface area (Å²) in [5.41, 5.74) is 5.09. The van der Waals surface area contributed by atoms with Gasteiger partial charge in [-0.1, -0.05) is 158 Å². The molecule has 0 atom stereocenters. The molecule has 0 bridgehead atoms. The highest BCUT2D eigenvalue weighted by Crippen LogP contribution is 2.43. The van der Waals surface area contributed by atoms with Gasteiger partial charge in [-0.25, -0.2) is 0 Å². The second-order valence-corrected chi connectivity index (χ2v) is 13.2. The maximum atomic E-state index is 11.3. The summed E-state index contributed by atoms with van der Waals surface area (Å²) in [7, 11) is 0. The van der Waals surface area contributed by atoms with Crippen molar-refractivity contribution in [3.05, 3.63) is 28.3 Å². The molecule has 1 nitrogen and oxygen atoms in total. The van der Waals surface area contributed by atoms with Crippen molar-refractivity contribution in [2.75, 3.05) is 0 Å². The molecule has 35 heavy (non-hydrogen) atoms. The van der Waals surface area contributed by atoms with Crippen LogP contribution < -0.4 is 0 Å². The monoisotopic (exact) mass is 486 g/mol. The summed E-state index contributed by atoms with van der Waals surface area (Å²) in [5, 5.41) is 11.3. The Morgan fingerprint density at radius 1 is 0.571 bits per heavy atom. The fourth-order valence-electron chi connectivity index (χ4n) is 5.60. The molecule has 0 spiro atoms. The molecule has 0 aliphatic heterocycles. The minimum Gasteiger partial charge on any atom is -0.507 e. The lowest BCUT2D eigenvalue weighted by Gasteiger charge is -2.31. The molecule has 1 N–H and O–H groups in total. The summed E-state index contributed by atoms with van der Waals surface area (Å²) >= 11 is 0. The Morgan fingerprint density at radius 3 is 1.31 bits per heavy atom. The maximum Gasteiger partial charge on any atom is 0.123 e. The first-order valence-corrected chi connectivity index (χ1v) is 15.4. The maximum absolute atomic E-state index is 11.3. The van der Waals surface area contributed by atoms with E-state index in [1.165, 1.54) is 119 Å². The van der Waals surface area contributed by atoms with Crippen LogP contribution in [0.1, 0.15) is 180 Å². The van der Waals surface area contributed by atoms with E-state index in [4.69, 9.17) is 0 Å². The average molecular weight is 487 g/mol. The Hall–Kier alpha value is -0.980. The lowest BCUT2D eigenvalue weighted by atomic mass is 9.74. The molecular weight excluding hydrogens is 424 g/mol. The van der Waals surface area contributed by atoms with Gasteiger partial charge in [0.2, 0.25) is 0 Å². The number of aryl methyl sites for hydroxylation is 1. The van der Waals surface area contributed by atoms with E-state index in [1.807, 2.05) is 0 Å². The molecule has 0 aromatic heterocycles. The molecule has 204 valence electrons. The van der Waals surface area contributed by atoms with Gasteiger partial charge in [-0.2, -0.15) is 0 Å². The van der Waals surface area contributed by atoms with E-state index in [0.717, 1.165) is 18.4 Å². The largest absolute Gasteiger partial charge is 0.507 e. The first-order valence-electron chi connectivity index (χ1n) is 15.4. The van der Waals surface area contributed by atoms with Gasteiger partial charge in [0.25, 0.3) is 0 Å². The van der Waals surface area contributed by atoms with Gasteiger partial charge in [0.05, 0.1) is 0 Å².